The molecule has 1 aromatic rings. The van der Waals surface area contributed by atoms with Crippen LogP contribution in [-0.4, -0.2) is 16.9 Å². The fourth-order valence-corrected chi connectivity index (χ4v) is 3.41. The Balaban J connectivity index is 0.000000497. The molecule has 1 aromatic carbocycles. The summed E-state index contributed by atoms with van der Waals surface area (Å²) in [5, 5.41) is 10.0. The number of fused-ring (bicyclic) bond motifs is 3. The third-order valence-corrected chi connectivity index (χ3v) is 4.80. The number of aryl methyl sites for hydroxylation is 1. The average Bonchev–Trinajstić information content (AvgIpc) is 2.51. The van der Waals surface area contributed by atoms with Crippen molar-refractivity contribution in [2.24, 2.45) is 10.9 Å². The van der Waals surface area contributed by atoms with Crippen LogP contribution in [0.1, 0.15) is 49.7 Å². The van der Waals surface area contributed by atoms with Gasteiger partial charge in [-0.05, 0) is 63.0 Å². The van der Waals surface area contributed by atoms with E-state index in [0.29, 0.717) is 5.75 Å². The van der Waals surface area contributed by atoms with Gasteiger partial charge in [-0.15, -0.1) is 0 Å². The van der Waals surface area contributed by atoms with E-state index in [2.05, 4.69) is 0 Å². The van der Waals surface area contributed by atoms with Crippen LogP contribution >= 0.6 is 17.0 Å². The zero-order chi connectivity index (χ0) is 15.3. The summed E-state index contributed by atoms with van der Waals surface area (Å²) in [5.41, 5.74) is 1.96. The molecule has 4 rings (SSSR count). The molecule has 5 heteroatoms. The second-order valence-electron chi connectivity index (χ2n) is 6.05. The van der Waals surface area contributed by atoms with Gasteiger partial charge < -0.3 is 5.11 Å². The number of aromatic hydroxyl groups is 1. The number of phenolic OH excluding ortho intramolecular Hbond substituents is 1. The predicted molar refractivity (Wildman–Crippen MR) is 86.1 cm³/mol. The van der Waals surface area contributed by atoms with Crippen LogP contribution in [0.3, 0.4) is 0 Å². The van der Waals surface area contributed by atoms with Crippen LogP contribution in [0.5, 0.6) is 5.75 Å². The topological polar surface area (TPSA) is 32.6 Å². The van der Waals surface area contributed by atoms with Crippen molar-refractivity contribution in [1.29, 1.82) is 0 Å². The number of benzene rings is 1. The first kappa shape index (κ1) is 17.5. The molecular formula is C16H21Cl2NOZr. The monoisotopic (exact) mass is 403 g/mol. The van der Waals surface area contributed by atoms with E-state index in [0.717, 1.165) is 17.0 Å². The summed E-state index contributed by atoms with van der Waals surface area (Å²) in [6.45, 7) is 1.93. The number of hydrogen-bond donors (Lipinski definition) is 1. The Bertz CT molecular complexity index is 485. The van der Waals surface area contributed by atoms with Crippen LogP contribution in [0.2, 0.25) is 0 Å². The Morgan fingerprint density at radius 3 is 2.38 bits per heavy atom. The van der Waals surface area contributed by atoms with E-state index in [1.165, 1.54) is 38.5 Å². The van der Waals surface area contributed by atoms with E-state index in [-0.39, 0.29) is 5.54 Å². The molecule has 0 radical (unpaired) electrons. The van der Waals surface area contributed by atoms with Gasteiger partial charge >= 0.3 is 37.9 Å². The molecule has 2 nitrogen and oxygen atoms in total. The third-order valence-electron chi connectivity index (χ3n) is 4.80. The van der Waals surface area contributed by atoms with Gasteiger partial charge in [-0.2, -0.15) is 0 Å². The molecule has 3 saturated carbocycles. The molecule has 0 unspecified atom stereocenters. The first-order valence-corrected chi connectivity index (χ1v) is 13.7. The molecule has 0 atom stereocenters. The molecule has 0 heterocycles. The van der Waals surface area contributed by atoms with Crippen LogP contribution in [0, 0.1) is 12.8 Å². The van der Waals surface area contributed by atoms with E-state index in [4.69, 9.17) is 22.0 Å². The molecule has 0 saturated heterocycles. The Kier molecular flexibility index (Phi) is 6.78. The van der Waals surface area contributed by atoms with Crippen LogP contribution in [0.4, 0.5) is 0 Å². The van der Waals surface area contributed by atoms with Crippen molar-refractivity contribution in [2.75, 3.05) is 0 Å². The van der Waals surface area contributed by atoms with Gasteiger partial charge in [0.2, 0.25) is 0 Å². The van der Waals surface area contributed by atoms with Gasteiger partial charge in [0.25, 0.3) is 0 Å². The zero-order valence-electron chi connectivity index (χ0n) is 12.3. The second-order valence-corrected chi connectivity index (χ2v) is 9.78. The molecule has 2 bridgehead atoms. The minimum atomic E-state index is -0.826. The molecule has 114 valence electrons. The summed E-state index contributed by atoms with van der Waals surface area (Å²) in [4.78, 5) is 4.86. The van der Waals surface area contributed by atoms with Crippen LogP contribution in [0.25, 0.3) is 0 Å². The fraction of sp³-hybridized carbons (Fsp3) is 0.562. The first-order chi connectivity index (χ1) is 10.1. The Labute approximate surface area is 145 Å². The van der Waals surface area contributed by atoms with Crippen molar-refractivity contribution in [3.8, 4) is 5.75 Å². The van der Waals surface area contributed by atoms with Crippen LogP contribution in [-0.2, 0) is 20.8 Å². The molecule has 3 fully saturated rings. The van der Waals surface area contributed by atoms with Gasteiger partial charge in [0.15, 0.2) is 0 Å². The minimum absolute atomic E-state index is 0.185. The van der Waals surface area contributed by atoms with Crippen molar-refractivity contribution < 1.29 is 26.0 Å². The number of aliphatic imine (C=N–C) groups is 1. The maximum absolute atomic E-state index is 10.0. The van der Waals surface area contributed by atoms with Gasteiger partial charge in [0, 0.05) is 11.8 Å². The van der Waals surface area contributed by atoms with Gasteiger partial charge in [0.05, 0.1) is 5.54 Å². The quantitative estimate of drug-likeness (QED) is 0.673. The summed E-state index contributed by atoms with van der Waals surface area (Å²) < 4.78 is 0. The van der Waals surface area contributed by atoms with Crippen molar-refractivity contribution in [2.45, 2.75) is 51.0 Å². The van der Waals surface area contributed by atoms with Gasteiger partial charge in [-0.3, -0.25) is 4.99 Å². The van der Waals surface area contributed by atoms with Crippen LogP contribution < -0.4 is 0 Å². The molecule has 3 aliphatic rings. The number of phenols is 1. The number of halogens is 2. The van der Waals surface area contributed by atoms with Gasteiger partial charge in [-0.25, -0.2) is 0 Å². The fourth-order valence-electron chi connectivity index (χ4n) is 3.41. The number of nitrogens with zero attached hydrogens (tertiary/aromatic N) is 1. The summed E-state index contributed by atoms with van der Waals surface area (Å²) in [7, 11) is 9.87. The first-order valence-electron chi connectivity index (χ1n) is 7.40. The average molecular weight is 405 g/mol. The molecule has 1 N–H and O–H groups in total. The van der Waals surface area contributed by atoms with Gasteiger partial charge in [-0.1, -0.05) is 12.1 Å². The number of rotatable bonds is 2. The van der Waals surface area contributed by atoms with Crippen LogP contribution in [0.15, 0.2) is 23.2 Å². The summed E-state index contributed by atoms with van der Waals surface area (Å²) in [5.74, 6) is 1.34. The summed E-state index contributed by atoms with van der Waals surface area (Å²) in [6, 6.07) is 5.85. The maximum atomic E-state index is 10.0. The van der Waals surface area contributed by atoms with Crippen molar-refractivity contribution in [3.63, 3.8) is 0 Å². The van der Waals surface area contributed by atoms with E-state index in [1.54, 1.807) is 0 Å². The van der Waals surface area contributed by atoms with E-state index >= 15 is 0 Å². The normalized spacial score (nSPS) is 27.3. The van der Waals surface area contributed by atoms with Crippen molar-refractivity contribution >= 4 is 23.2 Å². The van der Waals surface area contributed by atoms with E-state index < -0.39 is 20.8 Å². The molecule has 3 aliphatic carbocycles. The molecule has 0 amide bonds. The van der Waals surface area contributed by atoms with E-state index in [1.807, 2.05) is 31.3 Å². The molecule has 0 aromatic heterocycles. The summed E-state index contributed by atoms with van der Waals surface area (Å²) in [6.07, 6.45) is 9.64. The number of hydrogen-bond acceptors (Lipinski definition) is 2. The second kappa shape index (κ2) is 8.13. The molecule has 0 spiro atoms. The third kappa shape index (κ3) is 4.56. The Morgan fingerprint density at radius 1 is 1.24 bits per heavy atom. The van der Waals surface area contributed by atoms with Crippen molar-refractivity contribution in [3.05, 3.63) is 29.3 Å². The Morgan fingerprint density at radius 2 is 1.81 bits per heavy atom. The summed E-state index contributed by atoms with van der Waals surface area (Å²) >= 11 is -0.826. The standard InChI is InChI=1S/C16H21NO.2ClH.Zr/c1-12-3-2-4-14(15(12)18)11-17-16-8-5-13(6-9-16)7-10-16;;;/h2-4,11,13,18H,5-10H2,1H3;2*1H;/q;;;+2/p-2. The predicted octanol–water partition coefficient (Wildman–Crippen LogP) is 5.22. The van der Waals surface area contributed by atoms with Crippen molar-refractivity contribution in [1.82, 2.24) is 0 Å². The van der Waals surface area contributed by atoms with Gasteiger partial charge in [0.1, 0.15) is 5.75 Å². The molecular weight excluding hydrogens is 384 g/mol. The molecule has 0 aliphatic heterocycles. The zero-order valence-corrected chi connectivity index (χ0v) is 16.2. The Hall–Kier alpha value is 0.153. The molecule has 21 heavy (non-hydrogen) atoms. The van der Waals surface area contributed by atoms with E-state index in [9.17, 15) is 5.11 Å². The number of para-hydroxylation sites is 1. The SMILES string of the molecule is Cc1cccc(C=NC23CCC(CC2)CC3)c1O.[Cl][Zr][Cl].